The monoisotopic (exact) mass is 427 g/mol. The highest BCUT2D eigenvalue weighted by Gasteiger charge is 2.19. The van der Waals surface area contributed by atoms with Crippen LogP contribution in [0.15, 0.2) is 32.7 Å². The SMILES string of the molecule is CC(C)CCCC(C)NC(=O)CSc1nc2cc(S(=O)(=O)N(C)C)ccc2o1. The van der Waals surface area contributed by atoms with Gasteiger partial charge in [-0.1, -0.05) is 38.5 Å². The van der Waals surface area contributed by atoms with Gasteiger partial charge in [0.1, 0.15) is 5.52 Å². The van der Waals surface area contributed by atoms with Crippen molar-refractivity contribution >= 4 is 38.8 Å². The van der Waals surface area contributed by atoms with Crippen LogP contribution >= 0.6 is 11.8 Å². The van der Waals surface area contributed by atoms with Crippen LogP contribution in [0.25, 0.3) is 11.1 Å². The number of sulfonamides is 1. The third-order valence-corrected chi connectivity index (χ3v) is 6.91. The average Bonchev–Trinajstić information content (AvgIpc) is 3.01. The summed E-state index contributed by atoms with van der Waals surface area (Å²) in [5.41, 5.74) is 0.940. The summed E-state index contributed by atoms with van der Waals surface area (Å²) in [5.74, 6) is 0.801. The number of nitrogens with one attached hydrogen (secondary N) is 1. The molecular weight excluding hydrogens is 398 g/mol. The van der Waals surface area contributed by atoms with Crippen molar-refractivity contribution in [2.24, 2.45) is 5.92 Å². The smallest absolute Gasteiger partial charge is 0.257 e. The van der Waals surface area contributed by atoms with Gasteiger partial charge in [0.2, 0.25) is 15.9 Å². The van der Waals surface area contributed by atoms with Crippen molar-refractivity contribution < 1.29 is 17.6 Å². The van der Waals surface area contributed by atoms with Crippen molar-refractivity contribution in [3.63, 3.8) is 0 Å². The van der Waals surface area contributed by atoms with E-state index in [4.69, 9.17) is 4.42 Å². The highest BCUT2D eigenvalue weighted by molar-refractivity contribution is 7.99. The molecule has 0 aliphatic rings. The predicted molar refractivity (Wildman–Crippen MR) is 112 cm³/mol. The minimum absolute atomic E-state index is 0.0693. The number of hydrogen-bond acceptors (Lipinski definition) is 6. The van der Waals surface area contributed by atoms with Gasteiger partial charge in [0, 0.05) is 20.1 Å². The molecule has 0 saturated heterocycles. The first-order valence-electron chi connectivity index (χ1n) is 9.35. The summed E-state index contributed by atoms with van der Waals surface area (Å²) in [6, 6.07) is 4.69. The number of rotatable bonds is 10. The van der Waals surface area contributed by atoms with E-state index < -0.39 is 10.0 Å². The topological polar surface area (TPSA) is 92.5 Å². The van der Waals surface area contributed by atoms with E-state index in [9.17, 15) is 13.2 Å². The molecule has 0 aliphatic carbocycles. The number of hydrogen-bond donors (Lipinski definition) is 1. The number of amides is 1. The largest absolute Gasteiger partial charge is 0.431 e. The molecule has 7 nitrogen and oxygen atoms in total. The molecule has 1 unspecified atom stereocenters. The van der Waals surface area contributed by atoms with E-state index in [1.165, 1.54) is 38.0 Å². The quantitative estimate of drug-likeness (QED) is 0.584. The van der Waals surface area contributed by atoms with Gasteiger partial charge in [-0.2, -0.15) is 0 Å². The number of oxazole rings is 1. The zero-order valence-corrected chi connectivity index (χ0v) is 18.7. The minimum Gasteiger partial charge on any atom is -0.431 e. The standard InChI is InChI=1S/C19H29N3O4S2/c1-13(2)7-6-8-14(3)20-18(23)12-27-19-21-16-11-15(9-10-17(16)26-19)28(24,25)22(4)5/h9-11,13-14H,6-8,12H2,1-5H3,(H,20,23). The average molecular weight is 428 g/mol. The third-order valence-electron chi connectivity index (χ3n) is 4.27. The van der Waals surface area contributed by atoms with Crippen LogP contribution in [0.5, 0.6) is 0 Å². The van der Waals surface area contributed by atoms with E-state index >= 15 is 0 Å². The van der Waals surface area contributed by atoms with Crippen LogP contribution in [0.3, 0.4) is 0 Å². The Bertz CT molecular complexity index is 907. The first-order valence-corrected chi connectivity index (χ1v) is 11.8. The van der Waals surface area contributed by atoms with E-state index in [0.29, 0.717) is 22.2 Å². The van der Waals surface area contributed by atoms with Gasteiger partial charge in [-0.25, -0.2) is 17.7 Å². The Morgan fingerprint density at radius 2 is 1.96 bits per heavy atom. The molecule has 0 fully saturated rings. The summed E-state index contributed by atoms with van der Waals surface area (Å²) in [7, 11) is -0.574. The molecule has 2 rings (SSSR count). The molecular formula is C19H29N3O4S2. The fraction of sp³-hybridized carbons (Fsp3) is 0.579. The molecule has 1 aromatic heterocycles. The van der Waals surface area contributed by atoms with Crippen LogP contribution in [0.2, 0.25) is 0 Å². The Labute approximate surface area is 171 Å². The normalized spacial score (nSPS) is 13.4. The van der Waals surface area contributed by atoms with Crippen molar-refractivity contribution in [1.82, 2.24) is 14.6 Å². The number of fused-ring (bicyclic) bond motifs is 1. The van der Waals surface area contributed by atoms with E-state index in [0.717, 1.165) is 23.6 Å². The molecule has 28 heavy (non-hydrogen) atoms. The van der Waals surface area contributed by atoms with Crippen LogP contribution in [0.4, 0.5) is 0 Å². The highest BCUT2D eigenvalue weighted by Crippen LogP contribution is 2.26. The summed E-state index contributed by atoms with van der Waals surface area (Å²) in [6.45, 7) is 6.40. The van der Waals surface area contributed by atoms with Gasteiger partial charge in [0.15, 0.2) is 5.58 Å². The summed E-state index contributed by atoms with van der Waals surface area (Å²) < 4.78 is 31.2. The molecule has 2 aromatic rings. The molecule has 1 aromatic carbocycles. The second kappa shape index (κ2) is 9.76. The minimum atomic E-state index is -3.53. The molecule has 156 valence electrons. The molecule has 1 atom stereocenters. The molecule has 0 bridgehead atoms. The maximum atomic E-state index is 12.2. The zero-order chi connectivity index (χ0) is 20.9. The van der Waals surface area contributed by atoms with Gasteiger partial charge in [-0.05, 0) is 37.5 Å². The summed E-state index contributed by atoms with van der Waals surface area (Å²) in [5, 5.41) is 3.33. The lowest BCUT2D eigenvalue weighted by Gasteiger charge is -2.14. The number of aromatic nitrogens is 1. The second-order valence-electron chi connectivity index (χ2n) is 7.48. The highest BCUT2D eigenvalue weighted by atomic mass is 32.2. The molecule has 1 amide bonds. The Balaban J connectivity index is 1.93. The summed E-state index contributed by atoms with van der Waals surface area (Å²) >= 11 is 1.19. The van der Waals surface area contributed by atoms with Gasteiger partial charge >= 0.3 is 0 Å². The molecule has 1 N–H and O–H groups in total. The fourth-order valence-electron chi connectivity index (χ4n) is 2.67. The zero-order valence-electron chi connectivity index (χ0n) is 17.1. The number of carbonyl (C=O) groups excluding carboxylic acids is 1. The van der Waals surface area contributed by atoms with Gasteiger partial charge in [-0.3, -0.25) is 4.79 Å². The fourth-order valence-corrected chi connectivity index (χ4v) is 4.24. The molecule has 0 spiro atoms. The molecule has 1 heterocycles. The Hall–Kier alpha value is -1.58. The number of thioether (sulfide) groups is 1. The second-order valence-corrected chi connectivity index (χ2v) is 10.6. The van der Waals surface area contributed by atoms with Crippen molar-refractivity contribution in [2.45, 2.75) is 56.2 Å². The molecule has 0 aliphatic heterocycles. The van der Waals surface area contributed by atoms with Gasteiger partial charge < -0.3 is 9.73 Å². The van der Waals surface area contributed by atoms with E-state index in [-0.39, 0.29) is 22.6 Å². The van der Waals surface area contributed by atoms with E-state index in [2.05, 4.69) is 24.1 Å². The number of benzene rings is 1. The van der Waals surface area contributed by atoms with E-state index in [1.807, 2.05) is 6.92 Å². The Morgan fingerprint density at radius 1 is 1.25 bits per heavy atom. The van der Waals surface area contributed by atoms with Crippen LogP contribution in [0, 0.1) is 5.92 Å². The van der Waals surface area contributed by atoms with Crippen LogP contribution in [-0.2, 0) is 14.8 Å². The van der Waals surface area contributed by atoms with Crippen molar-refractivity contribution in [3.8, 4) is 0 Å². The Morgan fingerprint density at radius 3 is 2.61 bits per heavy atom. The lowest BCUT2D eigenvalue weighted by molar-refractivity contribution is -0.119. The maximum absolute atomic E-state index is 12.2. The van der Waals surface area contributed by atoms with Crippen LogP contribution in [0.1, 0.15) is 40.0 Å². The number of carbonyl (C=O) groups is 1. The summed E-state index contributed by atoms with van der Waals surface area (Å²) in [6.07, 6.45) is 3.21. The van der Waals surface area contributed by atoms with Gasteiger partial charge in [0.05, 0.1) is 10.6 Å². The molecule has 9 heteroatoms. The van der Waals surface area contributed by atoms with Gasteiger partial charge in [0.25, 0.3) is 5.22 Å². The lowest BCUT2D eigenvalue weighted by Crippen LogP contribution is -2.33. The Kier molecular flexibility index (Phi) is 7.91. The first kappa shape index (κ1) is 22.7. The van der Waals surface area contributed by atoms with Crippen LogP contribution in [-0.4, -0.2) is 49.5 Å². The molecule has 0 saturated carbocycles. The van der Waals surface area contributed by atoms with Crippen molar-refractivity contribution in [2.75, 3.05) is 19.8 Å². The molecule has 0 radical (unpaired) electrons. The van der Waals surface area contributed by atoms with Crippen molar-refractivity contribution in [1.29, 1.82) is 0 Å². The van der Waals surface area contributed by atoms with Gasteiger partial charge in [-0.15, -0.1) is 0 Å². The van der Waals surface area contributed by atoms with E-state index in [1.54, 1.807) is 6.07 Å². The third kappa shape index (κ3) is 6.22. The number of nitrogens with zero attached hydrogens (tertiary/aromatic N) is 2. The lowest BCUT2D eigenvalue weighted by atomic mass is 10.0. The first-order chi connectivity index (χ1) is 13.1. The summed E-state index contributed by atoms with van der Waals surface area (Å²) in [4.78, 5) is 16.6. The maximum Gasteiger partial charge on any atom is 0.257 e. The predicted octanol–water partition coefficient (Wildman–Crippen LogP) is 3.50. The van der Waals surface area contributed by atoms with Crippen LogP contribution < -0.4 is 5.32 Å². The van der Waals surface area contributed by atoms with Crippen molar-refractivity contribution in [3.05, 3.63) is 18.2 Å².